The Bertz CT molecular complexity index is 533. The summed E-state index contributed by atoms with van der Waals surface area (Å²) in [6.45, 7) is 3.94. The number of aryl methyl sites for hydroxylation is 2. The first-order valence-corrected chi connectivity index (χ1v) is 5.66. The maximum atomic E-state index is 13.8. The number of anilines is 1. The minimum absolute atomic E-state index is 0.382. The van der Waals surface area contributed by atoms with Crippen LogP contribution in [0.4, 0.5) is 10.1 Å². The fourth-order valence-corrected chi connectivity index (χ4v) is 1.66. The first-order valence-electron chi connectivity index (χ1n) is 5.66. The second kappa shape index (κ2) is 4.53. The highest BCUT2D eigenvalue weighted by Crippen LogP contribution is 2.17. The van der Waals surface area contributed by atoms with Crippen LogP contribution in [0.1, 0.15) is 25.5 Å². The Hall–Kier alpha value is -1.91. The number of halogens is 1. The lowest BCUT2D eigenvalue weighted by atomic mass is 10.2. The smallest absolute Gasteiger partial charge is 0.151 e. The minimum Gasteiger partial charge on any atom is -0.399 e. The summed E-state index contributed by atoms with van der Waals surface area (Å²) in [5.41, 5.74) is 6.32. The van der Waals surface area contributed by atoms with Crippen molar-refractivity contribution in [2.45, 2.75) is 26.7 Å². The molecule has 5 heteroatoms. The van der Waals surface area contributed by atoms with Gasteiger partial charge in [0, 0.05) is 18.5 Å². The van der Waals surface area contributed by atoms with Crippen LogP contribution in [0, 0.1) is 5.82 Å². The molecule has 17 heavy (non-hydrogen) atoms. The molecule has 0 aliphatic carbocycles. The molecule has 0 aliphatic rings. The topological polar surface area (TPSA) is 56.7 Å². The molecule has 1 heterocycles. The van der Waals surface area contributed by atoms with Crippen LogP contribution in [0.25, 0.3) is 5.69 Å². The van der Waals surface area contributed by atoms with E-state index in [4.69, 9.17) is 5.73 Å². The van der Waals surface area contributed by atoms with Gasteiger partial charge in [-0.05, 0) is 18.2 Å². The van der Waals surface area contributed by atoms with Crippen LogP contribution in [0.15, 0.2) is 18.2 Å². The molecule has 1 aromatic carbocycles. The molecule has 2 N–H and O–H groups in total. The van der Waals surface area contributed by atoms with E-state index in [1.165, 1.54) is 6.07 Å². The van der Waals surface area contributed by atoms with Crippen LogP contribution in [0.5, 0.6) is 0 Å². The van der Waals surface area contributed by atoms with E-state index in [0.717, 1.165) is 18.1 Å². The van der Waals surface area contributed by atoms with E-state index in [1.54, 1.807) is 16.8 Å². The van der Waals surface area contributed by atoms with Gasteiger partial charge in [0.15, 0.2) is 11.6 Å². The number of hydrogen-bond donors (Lipinski definition) is 1. The van der Waals surface area contributed by atoms with E-state index in [2.05, 4.69) is 10.1 Å². The highest BCUT2D eigenvalue weighted by Gasteiger charge is 2.12. The van der Waals surface area contributed by atoms with E-state index in [-0.39, 0.29) is 5.82 Å². The molecule has 4 nitrogen and oxygen atoms in total. The molecule has 0 spiro atoms. The van der Waals surface area contributed by atoms with Crippen molar-refractivity contribution in [3.05, 3.63) is 35.7 Å². The molecule has 0 saturated heterocycles. The first kappa shape index (κ1) is 11.6. The fraction of sp³-hybridized carbons (Fsp3) is 0.333. The van der Waals surface area contributed by atoms with Gasteiger partial charge in [-0.25, -0.2) is 14.1 Å². The van der Waals surface area contributed by atoms with Gasteiger partial charge in [0.25, 0.3) is 0 Å². The quantitative estimate of drug-likeness (QED) is 0.827. The highest BCUT2D eigenvalue weighted by molar-refractivity contribution is 5.46. The zero-order chi connectivity index (χ0) is 12.4. The van der Waals surface area contributed by atoms with Crippen molar-refractivity contribution >= 4 is 5.69 Å². The molecule has 0 bridgehead atoms. The summed E-state index contributed by atoms with van der Waals surface area (Å²) in [7, 11) is 0. The second-order valence-corrected chi connectivity index (χ2v) is 3.77. The molecule has 0 fully saturated rings. The number of hydrogen-bond acceptors (Lipinski definition) is 3. The van der Waals surface area contributed by atoms with Gasteiger partial charge in [-0.1, -0.05) is 13.8 Å². The third-order valence-electron chi connectivity index (χ3n) is 2.55. The Morgan fingerprint density at radius 3 is 2.65 bits per heavy atom. The van der Waals surface area contributed by atoms with Crippen LogP contribution in [-0.2, 0) is 12.8 Å². The van der Waals surface area contributed by atoms with Crippen LogP contribution in [0.2, 0.25) is 0 Å². The Labute approximate surface area is 99.3 Å². The van der Waals surface area contributed by atoms with E-state index in [9.17, 15) is 4.39 Å². The average Bonchev–Trinajstić information content (AvgIpc) is 2.72. The molecule has 0 radical (unpaired) electrons. The maximum Gasteiger partial charge on any atom is 0.151 e. The molecule has 0 saturated carbocycles. The van der Waals surface area contributed by atoms with Gasteiger partial charge in [-0.3, -0.25) is 0 Å². The van der Waals surface area contributed by atoms with Crippen LogP contribution >= 0.6 is 0 Å². The molecule has 0 amide bonds. The Kier molecular flexibility index (Phi) is 3.08. The summed E-state index contributed by atoms with van der Waals surface area (Å²) >= 11 is 0. The predicted molar refractivity (Wildman–Crippen MR) is 64.5 cm³/mol. The summed E-state index contributed by atoms with van der Waals surface area (Å²) in [6, 6.07) is 4.57. The van der Waals surface area contributed by atoms with Gasteiger partial charge in [-0.2, -0.15) is 5.10 Å². The lowest BCUT2D eigenvalue weighted by Crippen LogP contribution is -2.05. The number of nitrogen functional groups attached to an aromatic ring is 1. The fourth-order valence-electron chi connectivity index (χ4n) is 1.66. The van der Waals surface area contributed by atoms with E-state index in [1.807, 2.05) is 13.8 Å². The first-order chi connectivity index (χ1) is 8.15. The highest BCUT2D eigenvalue weighted by atomic mass is 19.1. The summed E-state index contributed by atoms with van der Waals surface area (Å²) in [4.78, 5) is 4.34. The molecule has 0 unspecified atom stereocenters. The predicted octanol–water partition coefficient (Wildman–Crippen LogP) is 2.11. The number of rotatable bonds is 3. The monoisotopic (exact) mass is 234 g/mol. The molecule has 1 aromatic heterocycles. The normalized spacial score (nSPS) is 10.8. The Morgan fingerprint density at radius 2 is 2.06 bits per heavy atom. The third-order valence-corrected chi connectivity index (χ3v) is 2.55. The van der Waals surface area contributed by atoms with Crippen LogP contribution in [0.3, 0.4) is 0 Å². The van der Waals surface area contributed by atoms with E-state index < -0.39 is 0 Å². The lowest BCUT2D eigenvalue weighted by Gasteiger charge is -2.06. The van der Waals surface area contributed by atoms with Crippen molar-refractivity contribution < 1.29 is 4.39 Å². The van der Waals surface area contributed by atoms with Crippen molar-refractivity contribution in [2.75, 3.05) is 5.73 Å². The second-order valence-electron chi connectivity index (χ2n) is 3.77. The van der Waals surface area contributed by atoms with Gasteiger partial charge in [0.05, 0.1) is 0 Å². The zero-order valence-electron chi connectivity index (χ0n) is 9.94. The van der Waals surface area contributed by atoms with Gasteiger partial charge in [0.2, 0.25) is 0 Å². The van der Waals surface area contributed by atoms with Gasteiger partial charge >= 0.3 is 0 Å². The molecule has 90 valence electrons. The standard InChI is InChI=1S/C12H15FN4/c1-3-11-15-12(4-2)17(16-11)10-6-5-8(14)7-9(10)13/h5-7H,3-4,14H2,1-2H3. The Morgan fingerprint density at radius 1 is 1.29 bits per heavy atom. The summed E-state index contributed by atoms with van der Waals surface area (Å²) in [6.07, 6.45) is 1.44. The number of aromatic nitrogens is 3. The van der Waals surface area contributed by atoms with Gasteiger partial charge < -0.3 is 5.73 Å². The number of nitrogens with zero attached hydrogens (tertiary/aromatic N) is 3. The molecular formula is C12H15FN4. The molecular weight excluding hydrogens is 219 g/mol. The summed E-state index contributed by atoms with van der Waals surface area (Å²) in [5.74, 6) is 1.09. The van der Waals surface area contributed by atoms with Crippen molar-refractivity contribution in [1.82, 2.24) is 14.8 Å². The minimum atomic E-state index is -0.382. The average molecular weight is 234 g/mol. The van der Waals surface area contributed by atoms with Crippen molar-refractivity contribution in [2.24, 2.45) is 0 Å². The summed E-state index contributed by atoms with van der Waals surface area (Å²) in [5, 5.41) is 4.29. The number of benzene rings is 1. The van der Waals surface area contributed by atoms with Crippen molar-refractivity contribution in [1.29, 1.82) is 0 Å². The van der Waals surface area contributed by atoms with Gasteiger partial charge in [0.1, 0.15) is 11.5 Å². The van der Waals surface area contributed by atoms with Gasteiger partial charge in [-0.15, -0.1) is 0 Å². The van der Waals surface area contributed by atoms with Crippen molar-refractivity contribution in [3.63, 3.8) is 0 Å². The molecule has 0 aliphatic heterocycles. The SMILES string of the molecule is CCc1nc(CC)n(-c2ccc(N)cc2F)n1. The lowest BCUT2D eigenvalue weighted by molar-refractivity contribution is 0.606. The maximum absolute atomic E-state index is 13.8. The third kappa shape index (κ3) is 2.13. The molecule has 2 rings (SSSR count). The summed E-state index contributed by atoms with van der Waals surface area (Å²) < 4.78 is 15.3. The van der Waals surface area contributed by atoms with E-state index in [0.29, 0.717) is 17.8 Å². The molecule has 0 atom stereocenters. The largest absolute Gasteiger partial charge is 0.399 e. The van der Waals surface area contributed by atoms with Crippen LogP contribution < -0.4 is 5.73 Å². The van der Waals surface area contributed by atoms with Crippen molar-refractivity contribution in [3.8, 4) is 5.69 Å². The number of nitrogens with two attached hydrogens (primary N) is 1. The molecule has 2 aromatic rings. The van der Waals surface area contributed by atoms with E-state index >= 15 is 0 Å². The Balaban J connectivity index is 2.55. The zero-order valence-corrected chi connectivity index (χ0v) is 9.94. The van der Waals surface area contributed by atoms with Crippen LogP contribution in [-0.4, -0.2) is 14.8 Å².